The molecule has 1 amide bonds. The van der Waals surface area contributed by atoms with Gasteiger partial charge in [0.05, 0.1) is 10.2 Å². The van der Waals surface area contributed by atoms with Crippen LogP contribution in [-0.2, 0) is 4.79 Å². The maximum atomic E-state index is 13.5. The summed E-state index contributed by atoms with van der Waals surface area (Å²) in [6.07, 6.45) is 3.68. The summed E-state index contributed by atoms with van der Waals surface area (Å²) in [5.41, 5.74) is 6.10. The fourth-order valence-corrected chi connectivity index (χ4v) is 2.80. The van der Waals surface area contributed by atoms with Gasteiger partial charge in [0.1, 0.15) is 11.6 Å². The van der Waals surface area contributed by atoms with Gasteiger partial charge in [-0.15, -0.1) is 0 Å². The highest BCUT2D eigenvalue weighted by Crippen LogP contribution is 2.29. The number of likely N-dealkylation sites (tertiary alicyclic amines) is 1. The van der Waals surface area contributed by atoms with E-state index in [-0.39, 0.29) is 16.1 Å². The molecule has 0 saturated carbocycles. The summed E-state index contributed by atoms with van der Waals surface area (Å²) >= 11 is 3.06. The van der Waals surface area contributed by atoms with Crippen molar-refractivity contribution in [2.45, 2.75) is 38.7 Å². The van der Waals surface area contributed by atoms with Gasteiger partial charge < -0.3 is 15.4 Å². The Kier molecular flexibility index (Phi) is 5.45. The smallest absolute Gasteiger partial charge is 0.263 e. The number of nitrogens with two attached hydrogens (primary N) is 1. The molecule has 0 bridgehead atoms. The van der Waals surface area contributed by atoms with Gasteiger partial charge >= 0.3 is 0 Å². The van der Waals surface area contributed by atoms with Crippen molar-refractivity contribution in [1.82, 2.24) is 4.90 Å². The average Bonchev–Trinajstić information content (AvgIpc) is 2.72. The van der Waals surface area contributed by atoms with Crippen LogP contribution in [0.3, 0.4) is 0 Å². The number of hydrogen-bond donors (Lipinski definition) is 1. The maximum Gasteiger partial charge on any atom is 0.263 e. The second-order valence-corrected chi connectivity index (χ2v) is 6.16. The molecule has 0 aromatic heterocycles. The molecular formula is C15H20BrFN2O2. The van der Waals surface area contributed by atoms with Crippen molar-refractivity contribution in [2.75, 3.05) is 18.8 Å². The molecule has 1 aliphatic heterocycles. The third-order valence-corrected chi connectivity index (χ3v) is 4.23. The first-order valence-electron chi connectivity index (χ1n) is 7.19. The van der Waals surface area contributed by atoms with E-state index in [1.54, 1.807) is 6.92 Å². The Bertz CT molecular complexity index is 517. The number of rotatable bonds is 3. The van der Waals surface area contributed by atoms with E-state index in [1.165, 1.54) is 12.1 Å². The molecule has 1 aliphatic rings. The molecule has 0 aliphatic carbocycles. The number of ether oxygens (including phenoxy) is 1. The van der Waals surface area contributed by atoms with E-state index in [9.17, 15) is 9.18 Å². The Labute approximate surface area is 132 Å². The zero-order chi connectivity index (χ0) is 15.4. The van der Waals surface area contributed by atoms with Gasteiger partial charge in [-0.05, 0) is 41.8 Å². The Hall–Kier alpha value is -1.30. The molecule has 1 fully saturated rings. The first-order chi connectivity index (χ1) is 9.99. The quantitative estimate of drug-likeness (QED) is 0.843. The number of carbonyl (C=O) groups is 1. The molecule has 4 nitrogen and oxygen atoms in total. The Morgan fingerprint density at radius 3 is 2.57 bits per heavy atom. The van der Waals surface area contributed by atoms with Crippen molar-refractivity contribution in [3.05, 3.63) is 22.4 Å². The van der Waals surface area contributed by atoms with Gasteiger partial charge in [-0.3, -0.25) is 4.79 Å². The molecule has 0 spiro atoms. The van der Waals surface area contributed by atoms with E-state index in [1.807, 2.05) is 4.90 Å². The summed E-state index contributed by atoms with van der Waals surface area (Å²) < 4.78 is 19.4. The monoisotopic (exact) mass is 358 g/mol. The van der Waals surface area contributed by atoms with Crippen molar-refractivity contribution >= 4 is 27.5 Å². The van der Waals surface area contributed by atoms with E-state index in [4.69, 9.17) is 10.5 Å². The molecule has 6 heteroatoms. The highest BCUT2D eigenvalue weighted by atomic mass is 79.9. The second-order valence-electron chi connectivity index (χ2n) is 5.30. The molecule has 2 rings (SSSR count). The molecule has 21 heavy (non-hydrogen) atoms. The van der Waals surface area contributed by atoms with Crippen LogP contribution in [-0.4, -0.2) is 30.0 Å². The van der Waals surface area contributed by atoms with Crippen LogP contribution in [0.5, 0.6) is 5.75 Å². The lowest BCUT2D eigenvalue weighted by Crippen LogP contribution is -2.41. The van der Waals surface area contributed by atoms with Crippen LogP contribution in [0.1, 0.15) is 32.6 Å². The molecule has 1 unspecified atom stereocenters. The topological polar surface area (TPSA) is 55.6 Å². The number of nitrogens with zero attached hydrogens (tertiary/aromatic N) is 1. The van der Waals surface area contributed by atoms with Crippen molar-refractivity contribution in [1.29, 1.82) is 0 Å². The van der Waals surface area contributed by atoms with Crippen LogP contribution in [0.2, 0.25) is 0 Å². The molecule has 1 heterocycles. The van der Waals surface area contributed by atoms with Crippen molar-refractivity contribution in [3.63, 3.8) is 0 Å². The van der Waals surface area contributed by atoms with E-state index >= 15 is 0 Å². The third-order valence-electron chi connectivity index (χ3n) is 3.62. The minimum atomic E-state index is -0.675. The van der Waals surface area contributed by atoms with E-state index in [0.717, 1.165) is 38.8 Å². The van der Waals surface area contributed by atoms with Gasteiger partial charge in [0.25, 0.3) is 5.91 Å². The van der Waals surface area contributed by atoms with Crippen LogP contribution in [0.4, 0.5) is 10.1 Å². The summed E-state index contributed by atoms with van der Waals surface area (Å²) in [7, 11) is 0. The fraction of sp³-hybridized carbons (Fsp3) is 0.533. The largest absolute Gasteiger partial charge is 0.479 e. The number of hydrogen-bond acceptors (Lipinski definition) is 3. The van der Waals surface area contributed by atoms with Gasteiger partial charge in [-0.1, -0.05) is 12.8 Å². The number of halogens is 2. The Morgan fingerprint density at radius 1 is 1.33 bits per heavy atom. The highest BCUT2D eigenvalue weighted by Gasteiger charge is 2.23. The lowest BCUT2D eigenvalue weighted by atomic mass is 10.2. The molecule has 0 radical (unpaired) electrons. The first kappa shape index (κ1) is 16.1. The van der Waals surface area contributed by atoms with Crippen LogP contribution in [0.15, 0.2) is 16.6 Å². The van der Waals surface area contributed by atoms with Crippen LogP contribution in [0.25, 0.3) is 0 Å². The number of amides is 1. The van der Waals surface area contributed by atoms with Crippen molar-refractivity contribution in [2.24, 2.45) is 0 Å². The van der Waals surface area contributed by atoms with Gasteiger partial charge in [0.2, 0.25) is 0 Å². The van der Waals surface area contributed by atoms with Gasteiger partial charge in [0.15, 0.2) is 6.10 Å². The van der Waals surface area contributed by atoms with Crippen LogP contribution < -0.4 is 10.5 Å². The van der Waals surface area contributed by atoms with Crippen LogP contribution >= 0.6 is 15.9 Å². The van der Waals surface area contributed by atoms with E-state index in [2.05, 4.69) is 15.9 Å². The summed E-state index contributed by atoms with van der Waals surface area (Å²) in [5, 5.41) is 0. The van der Waals surface area contributed by atoms with Crippen molar-refractivity contribution < 1.29 is 13.9 Å². The summed E-state index contributed by atoms with van der Waals surface area (Å²) in [6.45, 7) is 3.19. The first-order valence-corrected chi connectivity index (χ1v) is 7.98. The second kappa shape index (κ2) is 7.11. The normalized spacial score (nSPS) is 17.2. The third kappa shape index (κ3) is 4.09. The zero-order valence-corrected chi connectivity index (χ0v) is 13.7. The minimum Gasteiger partial charge on any atom is -0.479 e. The minimum absolute atomic E-state index is 0.0698. The predicted octanol–water partition coefficient (Wildman–Crippen LogP) is 3.34. The molecule has 1 aromatic carbocycles. The summed E-state index contributed by atoms with van der Waals surface area (Å²) in [4.78, 5) is 14.2. The van der Waals surface area contributed by atoms with Gasteiger partial charge in [-0.25, -0.2) is 4.39 Å². The van der Waals surface area contributed by atoms with Gasteiger partial charge in [-0.2, -0.15) is 0 Å². The number of nitrogen functional groups attached to an aromatic ring is 1. The zero-order valence-electron chi connectivity index (χ0n) is 12.1. The lowest BCUT2D eigenvalue weighted by molar-refractivity contribution is -0.137. The van der Waals surface area contributed by atoms with E-state index < -0.39 is 11.9 Å². The number of benzene rings is 1. The maximum absolute atomic E-state index is 13.5. The number of anilines is 1. The molecular weight excluding hydrogens is 339 g/mol. The molecule has 1 saturated heterocycles. The average molecular weight is 359 g/mol. The Balaban J connectivity index is 2.04. The molecule has 1 aromatic rings. The molecule has 1 atom stereocenters. The van der Waals surface area contributed by atoms with Crippen molar-refractivity contribution in [3.8, 4) is 5.75 Å². The molecule has 2 N–H and O–H groups in total. The standard InChI is InChI=1S/C15H20BrFN2O2/c1-10(15(20)19-6-4-2-3-5-7-19)21-14-9-12(17)11(16)8-13(14)18/h8-10H,2-7,18H2,1H3. The predicted molar refractivity (Wildman–Crippen MR) is 83.7 cm³/mol. The highest BCUT2D eigenvalue weighted by molar-refractivity contribution is 9.10. The summed E-state index contributed by atoms with van der Waals surface area (Å²) in [5.74, 6) is -0.334. The SMILES string of the molecule is CC(Oc1cc(F)c(Br)cc1N)C(=O)N1CCCCCC1. The fourth-order valence-electron chi connectivity index (χ4n) is 2.44. The van der Waals surface area contributed by atoms with Gasteiger partial charge in [0, 0.05) is 19.2 Å². The molecule has 116 valence electrons. The lowest BCUT2D eigenvalue weighted by Gasteiger charge is -2.25. The van der Waals surface area contributed by atoms with E-state index in [0.29, 0.717) is 5.69 Å². The summed E-state index contributed by atoms with van der Waals surface area (Å²) in [6, 6.07) is 2.64. The Morgan fingerprint density at radius 2 is 1.95 bits per heavy atom. The number of carbonyl (C=O) groups excluding carboxylic acids is 1. The van der Waals surface area contributed by atoms with Crippen LogP contribution in [0, 0.1) is 5.82 Å².